The van der Waals surface area contributed by atoms with Gasteiger partial charge in [0.2, 0.25) is 11.6 Å². The van der Waals surface area contributed by atoms with Crippen LogP contribution in [0.5, 0.6) is 0 Å². The quantitative estimate of drug-likeness (QED) is 0.759. The van der Waals surface area contributed by atoms with Gasteiger partial charge in [-0.1, -0.05) is 29.8 Å². The summed E-state index contributed by atoms with van der Waals surface area (Å²) in [4.78, 5) is 28.7. The predicted molar refractivity (Wildman–Crippen MR) is 95.9 cm³/mol. The van der Waals surface area contributed by atoms with Crippen molar-refractivity contribution in [2.45, 2.75) is 26.8 Å². The van der Waals surface area contributed by atoms with Gasteiger partial charge in [-0.2, -0.15) is 0 Å². The number of aromatic nitrogens is 2. The number of carbonyl (C=O) groups is 1. The lowest BCUT2D eigenvalue weighted by atomic mass is 10.1. The molecule has 0 atom stereocenters. The summed E-state index contributed by atoms with van der Waals surface area (Å²) in [6.07, 6.45) is 1.96. The fraction of sp³-hybridized carbons (Fsp3) is 0.278. The van der Waals surface area contributed by atoms with E-state index in [2.05, 4.69) is 10.3 Å². The Bertz CT molecular complexity index is 991. The van der Waals surface area contributed by atoms with Crippen molar-refractivity contribution in [2.75, 3.05) is 6.54 Å². The Labute approximate surface area is 149 Å². The average molecular weight is 360 g/mol. The molecular weight excluding hydrogens is 342 g/mol. The van der Waals surface area contributed by atoms with Gasteiger partial charge < -0.3 is 9.73 Å². The maximum Gasteiger partial charge on any atom is 0.265 e. The van der Waals surface area contributed by atoms with Crippen LogP contribution in [-0.2, 0) is 17.8 Å². The zero-order chi connectivity index (χ0) is 18.0. The van der Waals surface area contributed by atoms with Crippen molar-refractivity contribution < 1.29 is 9.21 Å². The summed E-state index contributed by atoms with van der Waals surface area (Å²) in [6.45, 7) is 3.94. The first-order chi connectivity index (χ1) is 12.0. The first kappa shape index (κ1) is 17.2. The van der Waals surface area contributed by atoms with Crippen LogP contribution in [0, 0.1) is 13.8 Å². The van der Waals surface area contributed by atoms with Crippen molar-refractivity contribution in [1.29, 1.82) is 0 Å². The van der Waals surface area contributed by atoms with E-state index in [0.717, 1.165) is 11.1 Å². The maximum absolute atomic E-state index is 12.5. The van der Waals surface area contributed by atoms with Gasteiger partial charge >= 0.3 is 0 Å². The number of halogens is 1. The molecule has 3 rings (SSSR count). The first-order valence-corrected chi connectivity index (χ1v) is 8.30. The van der Waals surface area contributed by atoms with Crippen LogP contribution in [0.1, 0.15) is 16.9 Å². The number of nitrogens with one attached hydrogen (secondary N) is 1. The van der Waals surface area contributed by atoms with Gasteiger partial charge in [0.05, 0.1) is 0 Å². The number of benzene rings is 1. The smallest absolute Gasteiger partial charge is 0.265 e. The number of carbonyl (C=O) groups excluding carboxylic acids is 1. The maximum atomic E-state index is 12.5. The van der Waals surface area contributed by atoms with Crippen molar-refractivity contribution in [3.63, 3.8) is 0 Å². The molecule has 0 aliphatic rings. The van der Waals surface area contributed by atoms with E-state index < -0.39 is 0 Å². The lowest BCUT2D eigenvalue weighted by Crippen LogP contribution is -2.33. The number of hydrogen-bond acceptors (Lipinski definition) is 4. The molecule has 25 heavy (non-hydrogen) atoms. The van der Waals surface area contributed by atoms with E-state index in [-0.39, 0.29) is 18.0 Å². The molecule has 0 unspecified atom stereocenters. The Morgan fingerprint density at radius 3 is 2.84 bits per heavy atom. The van der Waals surface area contributed by atoms with Crippen LogP contribution in [0.15, 0.2) is 39.8 Å². The summed E-state index contributed by atoms with van der Waals surface area (Å²) >= 11 is 6.09. The highest BCUT2D eigenvalue weighted by Gasteiger charge is 2.15. The summed E-state index contributed by atoms with van der Waals surface area (Å²) < 4.78 is 6.71. The normalized spacial score (nSPS) is 11.0. The van der Waals surface area contributed by atoms with Crippen LogP contribution in [0.25, 0.3) is 11.1 Å². The zero-order valence-corrected chi connectivity index (χ0v) is 14.8. The third-order valence-electron chi connectivity index (χ3n) is 4.14. The molecule has 0 aliphatic heterocycles. The molecule has 0 radical (unpaired) electrons. The van der Waals surface area contributed by atoms with Gasteiger partial charge in [-0.15, -0.1) is 0 Å². The van der Waals surface area contributed by atoms with Crippen LogP contribution < -0.4 is 10.9 Å². The minimum atomic E-state index is -0.277. The van der Waals surface area contributed by atoms with E-state index >= 15 is 0 Å². The van der Waals surface area contributed by atoms with Crippen molar-refractivity contribution in [3.8, 4) is 0 Å². The Balaban J connectivity index is 1.66. The molecule has 0 fully saturated rings. The van der Waals surface area contributed by atoms with Crippen molar-refractivity contribution in [1.82, 2.24) is 14.9 Å². The van der Waals surface area contributed by atoms with Gasteiger partial charge in [-0.3, -0.25) is 14.2 Å². The van der Waals surface area contributed by atoms with E-state index in [9.17, 15) is 9.59 Å². The van der Waals surface area contributed by atoms with Gasteiger partial charge in [-0.25, -0.2) is 4.98 Å². The minimum Gasteiger partial charge on any atom is -0.443 e. The van der Waals surface area contributed by atoms with E-state index in [1.165, 1.54) is 10.9 Å². The second-order valence-corrected chi connectivity index (χ2v) is 6.24. The molecule has 1 amide bonds. The van der Waals surface area contributed by atoms with Crippen LogP contribution in [0.3, 0.4) is 0 Å². The third-order valence-corrected chi connectivity index (χ3v) is 4.51. The van der Waals surface area contributed by atoms with Crippen LogP contribution in [-0.4, -0.2) is 22.0 Å². The SMILES string of the molecule is Cc1oc2ncn(CC(=O)NCCc3ccccc3Cl)c(=O)c2c1C. The van der Waals surface area contributed by atoms with Gasteiger partial charge in [-0.05, 0) is 31.9 Å². The summed E-state index contributed by atoms with van der Waals surface area (Å²) in [6, 6.07) is 7.49. The fourth-order valence-corrected chi connectivity index (χ4v) is 2.86. The first-order valence-electron chi connectivity index (χ1n) is 7.92. The predicted octanol–water partition coefficient (Wildman–Crippen LogP) is 2.62. The van der Waals surface area contributed by atoms with Crippen molar-refractivity contribution in [3.05, 3.63) is 62.9 Å². The molecule has 7 heteroatoms. The molecule has 0 aliphatic carbocycles. The summed E-state index contributed by atoms with van der Waals surface area (Å²) in [7, 11) is 0. The number of furan rings is 1. The molecular formula is C18H18ClN3O3. The number of aryl methyl sites for hydroxylation is 2. The number of fused-ring (bicyclic) bond motifs is 1. The Hall–Kier alpha value is -2.60. The molecule has 3 aromatic rings. The van der Waals surface area contributed by atoms with Gasteiger partial charge in [0.1, 0.15) is 24.0 Å². The lowest BCUT2D eigenvalue weighted by molar-refractivity contribution is -0.121. The second-order valence-electron chi connectivity index (χ2n) is 5.83. The monoisotopic (exact) mass is 359 g/mol. The second kappa shape index (κ2) is 7.11. The molecule has 6 nitrogen and oxygen atoms in total. The Kier molecular flexibility index (Phi) is 4.90. The molecule has 0 saturated carbocycles. The van der Waals surface area contributed by atoms with Gasteiger partial charge in [0.25, 0.3) is 5.56 Å². The van der Waals surface area contributed by atoms with Crippen LogP contribution >= 0.6 is 11.6 Å². The van der Waals surface area contributed by atoms with Crippen LogP contribution in [0.4, 0.5) is 0 Å². The standard InChI is InChI=1S/C18H18ClN3O3/c1-11-12(2)25-17-16(11)18(24)22(10-21-17)9-15(23)20-8-7-13-5-3-4-6-14(13)19/h3-6,10H,7-9H2,1-2H3,(H,20,23). The van der Waals surface area contributed by atoms with E-state index in [1.807, 2.05) is 24.3 Å². The number of nitrogens with zero attached hydrogens (tertiary/aromatic N) is 2. The van der Waals surface area contributed by atoms with Crippen molar-refractivity contribution >= 4 is 28.6 Å². The fourth-order valence-electron chi connectivity index (χ4n) is 2.63. The summed E-state index contributed by atoms with van der Waals surface area (Å²) in [5.41, 5.74) is 1.74. The van der Waals surface area contributed by atoms with Gasteiger partial charge in [0, 0.05) is 17.1 Å². The molecule has 0 spiro atoms. The molecule has 0 bridgehead atoms. The largest absolute Gasteiger partial charge is 0.443 e. The summed E-state index contributed by atoms with van der Waals surface area (Å²) in [5, 5.41) is 3.89. The highest BCUT2D eigenvalue weighted by atomic mass is 35.5. The van der Waals surface area contributed by atoms with E-state index in [1.54, 1.807) is 13.8 Å². The lowest BCUT2D eigenvalue weighted by Gasteiger charge is -2.08. The Morgan fingerprint density at radius 2 is 2.08 bits per heavy atom. The number of hydrogen-bond donors (Lipinski definition) is 1. The molecule has 130 valence electrons. The van der Waals surface area contributed by atoms with E-state index in [4.69, 9.17) is 16.0 Å². The zero-order valence-electron chi connectivity index (χ0n) is 14.0. The van der Waals surface area contributed by atoms with Crippen LogP contribution in [0.2, 0.25) is 5.02 Å². The molecule has 1 aromatic carbocycles. The topological polar surface area (TPSA) is 77.1 Å². The average Bonchev–Trinajstić information content (AvgIpc) is 2.87. The minimum absolute atomic E-state index is 0.0893. The molecule has 1 N–H and O–H groups in total. The molecule has 2 heterocycles. The Morgan fingerprint density at radius 1 is 1.32 bits per heavy atom. The molecule has 0 saturated heterocycles. The number of rotatable bonds is 5. The van der Waals surface area contributed by atoms with E-state index in [0.29, 0.717) is 34.8 Å². The highest BCUT2D eigenvalue weighted by molar-refractivity contribution is 6.31. The third kappa shape index (κ3) is 3.58. The molecule has 2 aromatic heterocycles. The van der Waals surface area contributed by atoms with Gasteiger partial charge in [0.15, 0.2) is 0 Å². The number of amides is 1. The summed E-state index contributed by atoms with van der Waals surface area (Å²) in [5.74, 6) is 0.398. The van der Waals surface area contributed by atoms with Crippen molar-refractivity contribution in [2.24, 2.45) is 0 Å². The highest BCUT2D eigenvalue weighted by Crippen LogP contribution is 2.19.